The molecule has 1 aliphatic heterocycles. The highest BCUT2D eigenvalue weighted by Crippen LogP contribution is 2.43. The van der Waals surface area contributed by atoms with Crippen LogP contribution in [0.25, 0.3) is 0 Å². The summed E-state index contributed by atoms with van der Waals surface area (Å²) in [5.74, 6) is -0.536. The summed E-state index contributed by atoms with van der Waals surface area (Å²) in [5.41, 5.74) is 6.56. The molecule has 6 heteroatoms. The average molecular weight is 336 g/mol. The molecule has 2 fully saturated rings. The second kappa shape index (κ2) is 6.40. The average Bonchev–Trinajstić information content (AvgIpc) is 2.98. The molecule has 3 N–H and O–H groups in total. The van der Waals surface area contributed by atoms with Crippen molar-refractivity contribution in [3.05, 3.63) is 34.9 Å². The lowest BCUT2D eigenvalue weighted by Gasteiger charge is -2.43. The van der Waals surface area contributed by atoms with E-state index in [0.29, 0.717) is 26.1 Å². The Balaban J connectivity index is 1.59. The molecule has 1 heterocycles. The van der Waals surface area contributed by atoms with Crippen LogP contribution in [-0.2, 0) is 10.2 Å². The first-order valence-corrected chi connectivity index (χ1v) is 8.46. The van der Waals surface area contributed by atoms with Crippen LogP contribution in [0.3, 0.4) is 0 Å². The number of benzene rings is 1. The maximum absolute atomic E-state index is 12.3. The molecule has 1 unspecified atom stereocenters. The minimum atomic E-state index is -0.322. The van der Waals surface area contributed by atoms with Gasteiger partial charge in [0.05, 0.1) is 5.92 Å². The van der Waals surface area contributed by atoms with Gasteiger partial charge in [0, 0.05) is 30.1 Å². The number of primary amides is 1. The number of nitrogens with two attached hydrogens (primary N) is 1. The molecule has 0 radical (unpaired) electrons. The van der Waals surface area contributed by atoms with Crippen molar-refractivity contribution in [2.45, 2.75) is 31.1 Å². The van der Waals surface area contributed by atoms with Crippen LogP contribution in [0.5, 0.6) is 0 Å². The Labute approximate surface area is 141 Å². The van der Waals surface area contributed by atoms with Crippen LogP contribution < -0.4 is 11.1 Å². The summed E-state index contributed by atoms with van der Waals surface area (Å²) in [4.78, 5) is 25.2. The van der Waals surface area contributed by atoms with E-state index in [0.717, 1.165) is 17.9 Å². The van der Waals surface area contributed by atoms with Gasteiger partial charge in [0.15, 0.2) is 0 Å². The van der Waals surface area contributed by atoms with Crippen LogP contribution in [0.1, 0.15) is 31.2 Å². The molecule has 23 heavy (non-hydrogen) atoms. The lowest BCUT2D eigenvalue weighted by Crippen LogP contribution is -2.49. The van der Waals surface area contributed by atoms with Crippen molar-refractivity contribution in [1.29, 1.82) is 0 Å². The number of hydrogen-bond acceptors (Lipinski definition) is 2. The van der Waals surface area contributed by atoms with E-state index in [-0.39, 0.29) is 23.3 Å². The second-order valence-electron chi connectivity index (χ2n) is 6.63. The molecular formula is C17H22ClN3O2. The number of urea groups is 1. The summed E-state index contributed by atoms with van der Waals surface area (Å²) in [6.07, 6.45) is 3.97. The van der Waals surface area contributed by atoms with Crippen molar-refractivity contribution in [2.24, 2.45) is 11.7 Å². The molecule has 1 atom stereocenters. The predicted octanol–water partition coefficient (Wildman–Crippen LogP) is 2.28. The van der Waals surface area contributed by atoms with Gasteiger partial charge in [-0.15, -0.1) is 0 Å². The topological polar surface area (TPSA) is 75.4 Å². The van der Waals surface area contributed by atoms with E-state index in [4.69, 9.17) is 17.3 Å². The first-order valence-electron chi connectivity index (χ1n) is 8.08. The number of likely N-dealkylation sites (tertiary alicyclic amines) is 1. The molecule has 0 bridgehead atoms. The Morgan fingerprint density at radius 2 is 2.00 bits per heavy atom. The van der Waals surface area contributed by atoms with Gasteiger partial charge >= 0.3 is 6.03 Å². The van der Waals surface area contributed by atoms with Gasteiger partial charge in [-0.3, -0.25) is 4.79 Å². The van der Waals surface area contributed by atoms with Crippen molar-refractivity contribution >= 4 is 23.5 Å². The summed E-state index contributed by atoms with van der Waals surface area (Å²) in [6, 6.07) is 7.79. The van der Waals surface area contributed by atoms with Crippen molar-refractivity contribution in [2.75, 3.05) is 19.6 Å². The maximum Gasteiger partial charge on any atom is 0.317 e. The predicted molar refractivity (Wildman–Crippen MR) is 89.3 cm³/mol. The zero-order chi connectivity index (χ0) is 16.4. The zero-order valence-corrected chi connectivity index (χ0v) is 13.8. The maximum atomic E-state index is 12.3. The van der Waals surface area contributed by atoms with Gasteiger partial charge in [0.2, 0.25) is 5.91 Å². The minimum absolute atomic E-state index is 0.0169. The fourth-order valence-electron chi connectivity index (χ4n) is 3.51. The summed E-state index contributed by atoms with van der Waals surface area (Å²) in [5, 5.41) is 3.77. The number of nitrogens with zero attached hydrogens (tertiary/aromatic N) is 1. The van der Waals surface area contributed by atoms with Gasteiger partial charge in [-0.2, -0.15) is 0 Å². The first-order chi connectivity index (χ1) is 11.0. The van der Waals surface area contributed by atoms with Crippen molar-refractivity contribution in [3.8, 4) is 0 Å². The standard InChI is InChI=1S/C17H22ClN3O2/c18-14-4-2-13(3-5-14)17(7-1-8-17)11-20-16(23)21-9-6-12(10-21)15(19)22/h2-5,12H,1,6-11H2,(H2,19,22)(H,20,23). The van der Waals surface area contributed by atoms with Crippen molar-refractivity contribution in [3.63, 3.8) is 0 Å². The lowest BCUT2D eigenvalue weighted by atomic mass is 9.64. The largest absolute Gasteiger partial charge is 0.369 e. The van der Waals surface area contributed by atoms with Gasteiger partial charge in [-0.05, 0) is 37.0 Å². The van der Waals surface area contributed by atoms with Gasteiger partial charge in [-0.25, -0.2) is 4.79 Å². The van der Waals surface area contributed by atoms with Crippen molar-refractivity contribution < 1.29 is 9.59 Å². The fourth-order valence-corrected chi connectivity index (χ4v) is 3.63. The quantitative estimate of drug-likeness (QED) is 0.885. The smallest absolute Gasteiger partial charge is 0.317 e. The first kappa shape index (κ1) is 16.1. The normalized spacial score (nSPS) is 22.5. The summed E-state index contributed by atoms with van der Waals surface area (Å²) < 4.78 is 0. The fraction of sp³-hybridized carbons (Fsp3) is 0.529. The van der Waals surface area contributed by atoms with Crippen LogP contribution in [0.2, 0.25) is 5.02 Å². The Bertz CT molecular complexity index is 598. The second-order valence-corrected chi connectivity index (χ2v) is 7.07. The Hall–Kier alpha value is -1.75. The highest BCUT2D eigenvalue weighted by atomic mass is 35.5. The number of rotatable bonds is 4. The van der Waals surface area contributed by atoms with Crippen LogP contribution in [0.4, 0.5) is 4.79 Å². The highest BCUT2D eigenvalue weighted by molar-refractivity contribution is 6.30. The Kier molecular flexibility index (Phi) is 4.48. The molecule has 1 aliphatic carbocycles. The molecular weight excluding hydrogens is 314 g/mol. The lowest BCUT2D eigenvalue weighted by molar-refractivity contribution is -0.121. The van der Waals surface area contributed by atoms with Crippen LogP contribution in [-0.4, -0.2) is 36.5 Å². The van der Waals surface area contributed by atoms with Gasteiger partial charge in [0.1, 0.15) is 0 Å². The molecule has 3 rings (SSSR count). The van der Waals surface area contributed by atoms with Crippen LogP contribution in [0.15, 0.2) is 24.3 Å². The van der Waals surface area contributed by atoms with Gasteiger partial charge in [0.25, 0.3) is 0 Å². The number of carbonyl (C=O) groups excluding carboxylic acids is 2. The zero-order valence-electron chi connectivity index (χ0n) is 13.1. The highest BCUT2D eigenvalue weighted by Gasteiger charge is 2.39. The molecule has 3 amide bonds. The molecule has 2 aliphatic rings. The third kappa shape index (κ3) is 3.29. The third-order valence-corrected chi connectivity index (χ3v) is 5.48. The minimum Gasteiger partial charge on any atom is -0.369 e. The number of halogens is 1. The Morgan fingerprint density at radius 3 is 2.52 bits per heavy atom. The molecule has 1 saturated heterocycles. The molecule has 1 aromatic carbocycles. The molecule has 5 nitrogen and oxygen atoms in total. The van der Waals surface area contributed by atoms with E-state index in [1.54, 1.807) is 4.90 Å². The van der Waals surface area contributed by atoms with Gasteiger partial charge < -0.3 is 16.0 Å². The Morgan fingerprint density at radius 1 is 1.30 bits per heavy atom. The van der Waals surface area contributed by atoms with E-state index in [1.165, 1.54) is 12.0 Å². The van der Waals surface area contributed by atoms with E-state index in [2.05, 4.69) is 5.32 Å². The van der Waals surface area contributed by atoms with E-state index < -0.39 is 0 Å². The van der Waals surface area contributed by atoms with E-state index in [1.807, 2.05) is 24.3 Å². The third-order valence-electron chi connectivity index (χ3n) is 5.22. The van der Waals surface area contributed by atoms with Crippen molar-refractivity contribution in [1.82, 2.24) is 10.2 Å². The summed E-state index contributed by atoms with van der Waals surface area (Å²) in [7, 11) is 0. The number of nitrogens with one attached hydrogen (secondary N) is 1. The SMILES string of the molecule is NC(=O)C1CCN(C(=O)NCC2(c3ccc(Cl)cc3)CCC2)C1. The number of amides is 3. The molecule has 124 valence electrons. The van der Waals surface area contributed by atoms with E-state index in [9.17, 15) is 9.59 Å². The molecule has 1 aromatic rings. The molecule has 0 spiro atoms. The number of carbonyl (C=O) groups is 2. The van der Waals surface area contributed by atoms with E-state index >= 15 is 0 Å². The van der Waals surface area contributed by atoms with Crippen LogP contribution in [0, 0.1) is 5.92 Å². The number of hydrogen-bond donors (Lipinski definition) is 2. The van der Waals surface area contributed by atoms with Gasteiger partial charge in [-0.1, -0.05) is 30.2 Å². The van der Waals surface area contributed by atoms with Crippen LogP contribution >= 0.6 is 11.6 Å². The monoisotopic (exact) mass is 335 g/mol. The summed E-state index contributed by atoms with van der Waals surface area (Å²) in [6.45, 7) is 1.63. The summed E-state index contributed by atoms with van der Waals surface area (Å²) >= 11 is 5.96. The molecule has 0 aromatic heterocycles. The molecule has 1 saturated carbocycles.